The molecule has 2 aliphatic carbocycles. The van der Waals surface area contributed by atoms with Gasteiger partial charge < -0.3 is 0 Å². The summed E-state index contributed by atoms with van der Waals surface area (Å²) >= 11 is -5.10. The van der Waals surface area contributed by atoms with Gasteiger partial charge in [0.1, 0.15) is 0 Å². The molecule has 0 aromatic heterocycles. The Hall–Kier alpha value is -3.78. The Morgan fingerprint density at radius 2 is 0.902 bits per heavy atom. The van der Waals surface area contributed by atoms with Crippen molar-refractivity contribution in [3.8, 4) is 22.3 Å². The van der Waals surface area contributed by atoms with Gasteiger partial charge in [-0.05, 0) is 0 Å². The molecule has 0 bridgehead atoms. The molecule has 3 atom stereocenters. The van der Waals surface area contributed by atoms with Crippen molar-refractivity contribution in [2.24, 2.45) is 0 Å². The molecule has 0 fully saturated rings. The molecule has 249 valence electrons. The zero-order valence-electron chi connectivity index (χ0n) is 29.1. The third-order valence-corrected chi connectivity index (χ3v) is 59.5. The zero-order valence-corrected chi connectivity index (χ0v) is 34.2. The fourth-order valence-corrected chi connectivity index (χ4v) is 51.7. The van der Waals surface area contributed by atoms with Crippen LogP contribution in [0.2, 0.25) is 6.55 Å². The number of rotatable bonds is 6. The molecule has 2 aliphatic rings. The van der Waals surface area contributed by atoms with E-state index in [2.05, 4.69) is 184 Å². The molecule has 7 aromatic carbocycles. The summed E-state index contributed by atoms with van der Waals surface area (Å²) in [6.07, 6.45) is 4.82. The predicted octanol–water partition coefficient (Wildman–Crippen LogP) is 13.2. The van der Waals surface area contributed by atoms with Crippen LogP contribution in [0.1, 0.15) is 43.4 Å². The number of halogens is 2. The summed E-state index contributed by atoms with van der Waals surface area (Å²) in [4.78, 5) is 0. The van der Waals surface area contributed by atoms with Crippen molar-refractivity contribution in [3.63, 3.8) is 0 Å². The van der Waals surface area contributed by atoms with Gasteiger partial charge >= 0.3 is 312 Å². The van der Waals surface area contributed by atoms with Gasteiger partial charge in [-0.2, -0.15) is 0 Å². The van der Waals surface area contributed by atoms with Crippen molar-refractivity contribution < 1.29 is 15.6 Å². The second-order valence-electron chi connectivity index (χ2n) is 14.7. The molecule has 0 saturated carbocycles. The number of allylic oxidation sites excluding steroid dienone is 2. The Labute approximate surface area is 309 Å². The summed E-state index contributed by atoms with van der Waals surface area (Å²) in [5.74, 6) is -1.99. The van der Waals surface area contributed by atoms with E-state index in [1.54, 1.807) is 0 Å². The maximum absolute atomic E-state index is 8.85. The summed E-state index contributed by atoms with van der Waals surface area (Å²) < 4.78 is -0.00800. The second-order valence-corrected chi connectivity index (χ2v) is 54.9. The van der Waals surface area contributed by atoms with Crippen molar-refractivity contribution in [1.29, 1.82) is 0 Å². The summed E-state index contributed by atoms with van der Waals surface area (Å²) in [5.41, 5.74) is 12.7. The minimum absolute atomic E-state index is 0.00400. The molecule has 0 nitrogen and oxygen atoms in total. The van der Waals surface area contributed by atoms with Crippen LogP contribution >= 0.6 is 17.0 Å². The average molecular weight is 794 g/mol. The van der Waals surface area contributed by atoms with Gasteiger partial charge in [0, 0.05) is 0 Å². The van der Waals surface area contributed by atoms with Crippen molar-refractivity contribution in [3.05, 3.63) is 185 Å². The van der Waals surface area contributed by atoms with Crippen LogP contribution in [-0.2, 0) is 15.6 Å². The van der Waals surface area contributed by atoms with Crippen LogP contribution in [0.4, 0.5) is 0 Å². The van der Waals surface area contributed by atoms with E-state index in [9.17, 15) is 0 Å². The summed E-state index contributed by atoms with van der Waals surface area (Å²) in [5, 5.41) is 6.35. The summed E-state index contributed by atoms with van der Waals surface area (Å²) in [7, 11) is 17.7. The average Bonchev–Trinajstić information content (AvgIpc) is 3.71. The molecule has 0 N–H and O–H groups in total. The Morgan fingerprint density at radius 3 is 1.37 bits per heavy atom. The van der Waals surface area contributed by atoms with Gasteiger partial charge in [-0.15, -0.1) is 0 Å². The van der Waals surface area contributed by atoms with Gasteiger partial charge in [0.15, 0.2) is 0 Å². The topological polar surface area (TPSA) is 0 Å². The Morgan fingerprint density at radius 1 is 0.471 bits per heavy atom. The van der Waals surface area contributed by atoms with Gasteiger partial charge in [-0.3, -0.25) is 0 Å². The SMILES string of the molecule is CC1=Cc2c(-c3ccc4ccccc4c3)cccc2[CH]1[Zr]([Cl])([Cl])([CH]1C(C)=Cc2c(-c3ccc4ccccc4c3)cccc21)[SiH](C)c1ccccc1. The standard InChI is InChI=1S/2C20H15.C7H9Si.2ClH.Zr/c2*1-14-11-17-7-4-8-19(20(17)12-14)18-10-9-15-5-2-3-6-16(15)13-18;1-8-7-5-3-2-4-6-7;;;/h2*2-13H,1H3;2-6,8H,1H3;2*1H;/q;;;;;+2/p-2. The molecule has 0 spiro atoms. The first kappa shape index (κ1) is 33.1. The second kappa shape index (κ2) is 12.4. The molecule has 7 aromatic rings. The molecule has 0 aliphatic heterocycles. The van der Waals surface area contributed by atoms with Gasteiger partial charge in [-0.25, -0.2) is 0 Å². The van der Waals surface area contributed by atoms with Crippen molar-refractivity contribution in [2.75, 3.05) is 0 Å². The van der Waals surface area contributed by atoms with E-state index >= 15 is 0 Å². The van der Waals surface area contributed by atoms with Crippen LogP contribution in [0.5, 0.6) is 0 Å². The molecule has 51 heavy (non-hydrogen) atoms. The van der Waals surface area contributed by atoms with Crippen molar-refractivity contribution in [1.82, 2.24) is 0 Å². The van der Waals surface area contributed by atoms with E-state index in [-0.39, 0.29) is 7.25 Å². The van der Waals surface area contributed by atoms with E-state index in [1.165, 1.54) is 82.4 Å². The fraction of sp³-hybridized carbons (Fsp3) is 0.106. The summed E-state index contributed by atoms with van der Waals surface area (Å²) in [6.45, 7) is 7.04. The van der Waals surface area contributed by atoms with Crippen LogP contribution in [0.15, 0.2) is 163 Å². The van der Waals surface area contributed by atoms with Crippen LogP contribution in [0, 0.1) is 0 Å². The third-order valence-electron chi connectivity index (χ3n) is 11.9. The normalized spacial score (nSPS) is 18.1. The van der Waals surface area contributed by atoms with Gasteiger partial charge in [0.05, 0.1) is 0 Å². The van der Waals surface area contributed by atoms with Gasteiger partial charge in [-0.1, -0.05) is 0 Å². The first-order valence-electron chi connectivity index (χ1n) is 17.9. The van der Waals surface area contributed by atoms with E-state index < -0.39 is 21.5 Å². The summed E-state index contributed by atoms with van der Waals surface area (Å²) in [6, 6.07) is 55.5. The molecule has 9 rings (SSSR count). The van der Waals surface area contributed by atoms with E-state index in [0.29, 0.717) is 0 Å². The third kappa shape index (κ3) is 5.17. The number of benzene rings is 7. The molecule has 0 saturated heterocycles. The molecule has 0 heterocycles. The molecule has 0 radical (unpaired) electrons. The van der Waals surface area contributed by atoms with Crippen molar-refractivity contribution >= 4 is 61.8 Å². The van der Waals surface area contributed by atoms with Crippen LogP contribution in [-0.4, -0.2) is 5.92 Å². The van der Waals surface area contributed by atoms with Gasteiger partial charge in [0.2, 0.25) is 0 Å². The van der Waals surface area contributed by atoms with Crippen LogP contribution < -0.4 is 5.19 Å². The molecular formula is C47H39Cl2SiZr. The monoisotopic (exact) mass is 791 g/mol. The maximum atomic E-state index is 8.85. The van der Waals surface area contributed by atoms with Gasteiger partial charge in [0.25, 0.3) is 0 Å². The van der Waals surface area contributed by atoms with Crippen molar-refractivity contribution in [2.45, 2.75) is 27.6 Å². The van der Waals surface area contributed by atoms with Crippen LogP contribution in [0.3, 0.4) is 0 Å². The fourth-order valence-electron chi connectivity index (χ4n) is 9.51. The first-order valence-corrected chi connectivity index (χ1v) is 33.7. The Kier molecular flexibility index (Phi) is 8.06. The Bertz CT molecular complexity index is 2430. The first-order chi connectivity index (χ1) is 24.7. The molecular weight excluding hydrogens is 755 g/mol. The quantitative estimate of drug-likeness (QED) is 0.147. The molecule has 4 heteroatoms. The number of hydrogen-bond donors (Lipinski definition) is 0. The molecule has 3 unspecified atom stereocenters. The zero-order chi connectivity index (χ0) is 34.9. The Balaban J connectivity index is 1.25. The predicted molar refractivity (Wildman–Crippen MR) is 222 cm³/mol. The van der Waals surface area contributed by atoms with E-state index in [1.807, 2.05) is 0 Å². The van der Waals surface area contributed by atoms with Crippen LogP contribution in [0.25, 0.3) is 56.0 Å². The minimum atomic E-state index is -5.10. The van der Waals surface area contributed by atoms with E-state index in [4.69, 9.17) is 17.0 Å². The van der Waals surface area contributed by atoms with E-state index in [0.717, 1.165) is 0 Å². The molecule has 0 amide bonds. The number of fused-ring (bicyclic) bond motifs is 4. The number of hydrogen-bond acceptors (Lipinski definition) is 0.